The Morgan fingerprint density at radius 3 is 2.53 bits per heavy atom. The molecule has 0 saturated heterocycles. The van der Waals surface area contributed by atoms with E-state index in [1.807, 2.05) is 25.9 Å². The van der Waals surface area contributed by atoms with E-state index in [1.54, 1.807) is 0 Å². The lowest BCUT2D eigenvalue weighted by atomic mass is 10.2. The summed E-state index contributed by atoms with van der Waals surface area (Å²) in [6, 6.07) is 0.410. The first kappa shape index (κ1) is 13.8. The maximum Gasteiger partial charge on any atom is 0.251 e. The molecule has 96 valence electrons. The molecule has 1 heterocycles. The van der Waals surface area contributed by atoms with Crippen molar-refractivity contribution in [3.63, 3.8) is 0 Å². The molecule has 0 amide bonds. The topological polar surface area (TPSA) is 28.2 Å². The zero-order valence-corrected chi connectivity index (χ0v) is 10.1. The molecule has 1 aromatic heterocycles. The Hall–Kier alpha value is -1.30. The average Bonchev–Trinajstić information content (AvgIpc) is 2.23. The Bertz CT molecular complexity index is 382. The van der Waals surface area contributed by atoms with E-state index in [9.17, 15) is 13.2 Å². The second-order valence-corrected chi connectivity index (χ2v) is 4.23. The van der Waals surface area contributed by atoms with Crippen molar-refractivity contribution < 1.29 is 13.2 Å². The molecular formula is C11H16F3N3. The van der Waals surface area contributed by atoms with Gasteiger partial charge in [0.15, 0.2) is 17.5 Å². The molecular weight excluding hydrogens is 231 g/mol. The van der Waals surface area contributed by atoms with Gasteiger partial charge in [-0.05, 0) is 34.0 Å². The summed E-state index contributed by atoms with van der Waals surface area (Å²) in [5, 5.41) is 2.71. The summed E-state index contributed by atoms with van der Waals surface area (Å²) in [7, 11) is 3.84. The third kappa shape index (κ3) is 4.22. The maximum atomic E-state index is 13.2. The van der Waals surface area contributed by atoms with Crippen LogP contribution in [0.2, 0.25) is 0 Å². The molecule has 6 heteroatoms. The van der Waals surface area contributed by atoms with Gasteiger partial charge < -0.3 is 10.2 Å². The fourth-order valence-corrected chi connectivity index (χ4v) is 1.30. The molecule has 0 bridgehead atoms. The average molecular weight is 247 g/mol. The smallest absolute Gasteiger partial charge is 0.251 e. The van der Waals surface area contributed by atoms with Gasteiger partial charge in [0.1, 0.15) is 0 Å². The van der Waals surface area contributed by atoms with Crippen molar-refractivity contribution in [2.24, 2.45) is 0 Å². The first-order valence-corrected chi connectivity index (χ1v) is 5.33. The van der Waals surface area contributed by atoms with E-state index in [1.165, 1.54) is 0 Å². The molecule has 0 aromatic carbocycles. The zero-order valence-electron chi connectivity index (χ0n) is 10.1. The van der Waals surface area contributed by atoms with Crippen molar-refractivity contribution in [2.45, 2.75) is 19.4 Å². The number of anilines is 1. The van der Waals surface area contributed by atoms with Crippen LogP contribution in [0.4, 0.5) is 19.0 Å². The molecule has 0 spiro atoms. The van der Waals surface area contributed by atoms with E-state index in [4.69, 9.17) is 0 Å². The predicted molar refractivity (Wildman–Crippen MR) is 60.4 cm³/mol. The van der Waals surface area contributed by atoms with Crippen LogP contribution in [0.15, 0.2) is 6.07 Å². The number of hydrogen-bond donors (Lipinski definition) is 1. The lowest BCUT2D eigenvalue weighted by Gasteiger charge is -2.17. The van der Waals surface area contributed by atoms with Gasteiger partial charge in [-0.25, -0.2) is 8.78 Å². The van der Waals surface area contributed by atoms with Crippen molar-refractivity contribution in [2.75, 3.05) is 26.0 Å². The summed E-state index contributed by atoms with van der Waals surface area (Å²) >= 11 is 0. The van der Waals surface area contributed by atoms with Crippen LogP contribution in [-0.4, -0.2) is 36.6 Å². The van der Waals surface area contributed by atoms with E-state index < -0.39 is 17.6 Å². The largest absolute Gasteiger partial charge is 0.365 e. The van der Waals surface area contributed by atoms with E-state index in [0.717, 1.165) is 13.0 Å². The lowest BCUT2D eigenvalue weighted by Crippen LogP contribution is -2.24. The highest BCUT2D eigenvalue weighted by molar-refractivity contribution is 5.37. The zero-order chi connectivity index (χ0) is 13.0. The molecule has 17 heavy (non-hydrogen) atoms. The van der Waals surface area contributed by atoms with Crippen LogP contribution in [0.25, 0.3) is 0 Å². The van der Waals surface area contributed by atoms with Crippen molar-refractivity contribution >= 4 is 5.82 Å². The van der Waals surface area contributed by atoms with E-state index >= 15 is 0 Å². The number of hydrogen-bond acceptors (Lipinski definition) is 3. The molecule has 0 radical (unpaired) electrons. The van der Waals surface area contributed by atoms with Crippen molar-refractivity contribution in [3.05, 3.63) is 23.6 Å². The fourth-order valence-electron chi connectivity index (χ4n) is 1.30. The van der Waals surface area contributed by atoms with Crippen LogP contribution in [0.1, 0.15) is 13.3 Å². The first-order chi connectivity index (χ1) is 7.90. The van der Waals surface area contributed by atoms with Crippen LogP contribution in [0.3, 0.4) is 0 Å². The number of nitrogens with one attached hydrogen (secondary N) is 1. The number of halogens is 3. The number of pyridine rings is 1. The van der Waals surface area contributed by atoms with Gasteiger partial charge in [0.2, 0.25) is 0 Å². The molecule has 3 nitrogen and oxygen atoms in total. The lowest BCUT2D eigenvalue weighted by molar-refractivity contribution is 0.389. The SMILES string of the molecule is CC(CCN(C)C)Nc1nc(F)c(F)cc1F. The van der Waals surface area contributed by atoms with Gasteiger partial charge in [-0.1, -0.05) is 0 Å². The Labute approximate surface area is 98.6 Å². The monoisotopic (exact) mass is 247 g/mol. The van der Waals surface area contributed by atoms with Gasteiger partial charge >= 0.3 is 0 Å². The minimum atomic E-state index is -1.30. The minimum Gasteiger partial charge on any atom is -0.365 e. The van der Waals surface area contributed by atoms with Crippen LogP contribution in [0.5, 0.6) is 0 Å². The standard InChI is InChI=1S/C11H16F3N3/c1-7(4-5-17(2)3)15-11-9(13)6-8(12)10(14)16-11/h6-7H,4-5H2,1-3H3,(H,15,16). The van der Waals surface area contributed by atoms with Gasteiger partial charge in [-0.2, -0.15) is 9.37 Å². The Kier molecular flexibility index (Phi) is 4.74. The van der Waals surface area contributed by atoms with Crippen LogP contribution < -0.4 is 5.32 Å². The normalized spacial score (nSPS) is 12.9. The number of nitrogens with zero attached hydrogens (tertiary/aromatic N) is 2. The molecule has 0 aliphatic rings. The van der Waals surface area contributed by atoms with E-state index in [2.05, 4.69) is 10.3 Å². The van der Waals surface area contributed by atoms with Gasteiger partial charge in [0.05, 0.1) is 0 Å². The van der Waals surface area contributed by atoms with Crippen LogP contribution in [-0.2, 0) is 0 Å². The second-order valence-electron chi connectivity index (χ2n) is 4.23. The predicted octanol–water partition coefficient (Wildman–Crippen LogP) is 2.25. The maximum absolute atomic E-state index is 13.2. The quantitative estimate of drug-likeness (QED) is 0.809. The summed E-state index contributed by atoms with van der Waals surface area (Å²) in [5.41, 5.74) is 0. The fraction of sp³-hybridized carbons (Fsp3) is 0.545. The highest BCUT2D eigenvalue weighted by Gasteiger charge is 2.13. The summed E-state index contributed by atoms with van der Waals surface area (Å²) < 4.78 is 38.7. The molecule has 1 rings (SSSR count). The van der Waals surface area contributed by atoms with E-state index in [0.29, 0.717) is 6.07 Å². The van der Waals surface area contributed by atoms with Crippen molar-refractivity contribution in [1.29, 1.82) is 0 Å². The molecule has 0 aliphatic heterocycles. The minimum absolute atomic E-state index is 0.0794. The molecule has 1 aromatic rings. The molecule has 0 aliphatic carbocycles. The van der Waals surface area contributed by atoms with Gasteiger partial charge in [-0.3, -0.25) is 0 Å². The summed E-state index contributed by atoms with van der Waals surface area (Å²) in [6.07, 6.45) is 0.743. The van der Waals surface area contributed by atoms with Crippen molar-refractivity contribution in [3.8, 4) is 0 Å². The first-order valence-electron chi connectivity index (χ1n) is 5.33. The molecule has 1 N–H and O–H groups in total. The van der Waals surface area contributed by atoms with Gasteiger partial charge in [0.25, 0.3) is 5.95 Å². The summed E-state index contributed by atoms with van der Waals surface area (Å²) in [4.78, 5) is 5.18. The summed E-state index contributed by atoms with van der Waals surface area (Å²) in [5.74, 6) is -3.72. The molecule has 1 atom stereocenters. The highest BCUT2D eigenvalue weighted by Crippen LogP contribution is 2.15. The van der Waals surface area contributed by atoms with Gasteiger partial charge in [0, 0.05) is 12.1 Å². The third-order valence-electron chi connectivity index (χ3n) is 2.28. The number of aromatic nitrogens is 1. The van der Waals surface area contributed by atoms with Gasteiger partial charge in [-0.15, -0.1) is 0 Å². The van der Waals surface area contributed by atoms with E-state index in [-0.39, 0.29) is 11.9 Å². The highest BCUT2D eigenvalue weighted by atomic mass is 19.2. The second kappa shape index (κ2) is 5.86. The van der Waals surface area contributed by atoms with Crippen LogP contribution in [0, 0.1) is 17.6 Å². The molecule has 1 unspecified atom stereocenters. The molecule has 0 fully saturated rings. The molecule has 0 saturated carbocycles. The summed E-state index contributed by atoms with van der Waals surface area (Å²) in [6.45, 7) is 2.63. The third-order valence-corrected chi connectivity index (χ3v) is 2.28. The van der Waals surface area contributed by atoms with Crippen molar-refractivity contribution in [1.82, 2.24) is 9.88 Å². The number of rotatable bonds is 5. The Balaban J connectivity index is 2.65. The van der Waals surface area contributed by atoms with Crippen LogP contribution >= 0.6 is 0 Å². The Morgan fingerprint density at radius 2 is 1.94 bits per heavy atom. The Morgan fingerprint density at radius 1 is 1.29 bits per heavy atom.